The van der Waals surface area contributed by atoms with Gasteiger partial charge in [-0.3, -0.25) is 4.79 Å². The summed E-state index contributed by atoms with van der Waals surface area (Å²) in [4.78, 5) is 23.1. The second-order valence-corrected chi connectivity index (χ2v) is 3.80. The second kappa shape index (κ2) is 6.76. The summed E-state index contributed by atoms with van der Waals surface area (Å²) in [7, 11) is 0. The number of esters is 1. The molecule has 0 unspecified atom stereocenters. The van der Waals surface area contributed by atoms with Crippen LogP contribution in [0.15, 0.2) is 24.3 Å². The average molecular weight is 251 g/mol. The molecule has 0 saturated carbocycles. The van der Waals surface area contributed by atoms with Crippen LogP contribution in [-0.2, 0) is 16.1 Å². The summed E-state index contributed by atoms with van der Waals surface area (Å²) < 4.78 is 5.01. The number of amides is 1. The number of likely N-dealkylation sites (N-methyl/N-ethyl adjacent to an activating group) is 1. The first kappa shape index (κ1) is 14.2. The number of nitrogens with one attached hydrogen (secondary N) is 1. The Morgan fingerprint density at radius 3 is 2.44 bits per heavy atom. The van der Waals surface area contributed by atoms with Gasteiger partial charge in [-0.25, -0.2) is 4.79 Å². The summed E-state index contributed by atoms with van der Waals surface area (Å²) in [5, 5.41) is 11.4. The maximum Gasteiger partial charge on any atom is 0.338 e. The predicted molar refractivity (Wildman–Crippen MR) is 65.9 cm³/mol. The molecule has 1 aromatic rings. The van der Waals surface area contributed by atoms with Crippen molar-refractivity contribution in [1.29, 1.82) is 0 Å². The SMILES string of the molecule is CCNC(=O)[C@@H](C)OC(=O)c1ccc(CO)cc1. The van der Waals surface area contributed by atoms with Crippen LogP contribution < -0.4 is 5.32 Å². The first-order valence-electron chi connectivity index (χ1n) is 5.77. The number of carbonyl (C=O) groups is 2. The fourth-order valence-electron chi connectivity index (χ4n) is 1.35. The maximum absolute atomic E-state index is 11.7. The summed E-state index contributed by atoms with van der Waals surface area (Å²) in [6.45, 7) is 3.72. The third-order valence-corrected chi connectivity index (χ3v) is 2.38. The second-order valence-electron chi connectivity index (χ2n) is 3.80. The molecule has 2 N–H and O–H groups in total. The molecule has 5 nitrogen and oxygen atoms in total. The van der Waals surface area contributed by atoms with Crippen LogP contribution in [0.4, 0.5) is 0 Å². The minimum atomic E-state index is -0.824. The van der Waals surface area contributed by atoms with Crippen molar-refractivity contribution in [2.24, 2.45) is 0 Å². The fraction of sp³-hybridized carbons (Fsp3) is 0.385. The van der Waals surface area contributed by atoms with E-state index in [1.54, 1.807) is 31.2 Å². The number of hydrogen-bond donors (Lipinski definition) is 2. The van der Waals surface area contributed by atoms with Gasteiger partial charge in [0.1, 0.15) is 0 Å². The highest BCUT2D eigenvalue weighted by molar-refractivity contribution is 5.92. The van der Waals surface area contributed by atoms with Crippen molar-refractivity contribution >= 4 is 11.9 Å². The largest absolute Gasteiger partial charge is 0.449 e. The van der Waals surface area contributed by atoms with Crippen LogP contribution in [0.25, 0.3) is 0 Å². The molecule has 0 aromatic heterocycles. The van der Waals surface area contributed by atoms with Gasteiger partial charge in [0.2, 0.25) is 0 Å². The van der Waals surface area contributed by atoms with Crippen molar-refractivity contribution in [3.05, 3.63) is 35.4 Å². The molecule has 1 atom stereocenters. The van der Waals surface area contributed by atoms with Crippen molar-refractivity contribution in [3.8, 4) is 0 Å². The van der Waals surface area contributed by atoms with Gasteiger partial charge in [-0.1, -0.05) is 12.1 Å². The molecule has 1 amide bonds. The Kier molecular flexibility index (Phi) is 5.32. The van der Waals surface area contributed by atoms with E-state index in [1.807, 2.05) is 0 Å². The quantitative estimate of drug-likeness (QED) is 0.761. The molecule has 18 heavy (non-hydrogen) atoms. The van der Waals surface area contributed by atoms with E-state index in [1.165, 1.54) is 6.92 Å². The van der Waals surface area contributed by atoms with E-state index < -0.39 is 12.1 Å². The minimum absolute atomic E-state index is 0.0787. The van der Waals surface area contributed by atoms with Crippen LogP contribution in [0.1, 0.15) is 29.8 Å². The van der Waals surface area contributed by atoms with Gasteiger partial charge in [-0.05, 0) is 31.5 Å². The van der Waals surface area contributed by atoms with E-state index >= 15 is 0 Å². The highest BCUT2D eigenvalue weighted by Crippen LogP contribution is 2.07. The maximum atomic E-state index is 11.7. The zero-order valence-corrected chi connectivity index (χ0v) is 10.5. The lowest BCUT2D eigenvalue weighted by Gasteiger charge is -2.12. The molecule has 5 heteroatoms. The van der Waals surface area contributed by atoms with Gasteiger partial charge in [0, 0.05) is 6.54 Å². The molecule has 0 fully saturated rings. The number of benzene rings is 1. The topological polar surface area (TPSA) is 75.6 Å². The van der Waals surface area contributed by atoms with E-state index in [0.717, 1.165) is 0 Å². The monoisotopic (exact) mass is 251 g/mol. The normalized spacial score (nSPS) is 11.7. The zero-order chi connectivity index (χ0) is 13.5. The third-order valence-electron chi connectivity index (χ3n) is 2.38. The highest BCUT2D eigenvalue weighted by atomic mass is 16.5. The number of ether oxygens (including phenoxy) is 1. The van der Waals surface area contributed by atoms with Crippen molar-refractivity contribution < 1.29 is 19.4 Å². The van der Waals surface area contributed by atoms with Crippen LogP contribution in [-0.4, -0.2) is 29.6 Å². The van der Waals surface area contributed by atoms with E-state index in [9.17, 15) is 9.59 Å². The molecule has 0 aliphatic heterocycles. The number of hydrogen-bond acceptors (Lipinski definition) is 4. The lowest BCUT2D eigenvalue weighted by molar-refractivity contribution is -0.128. The van der Waals surface area contributed by atoms with Crippen molar-refractivity contribution in [3.63, 3.8) is 0 Å². The number of aliphatic hydroxyl groups is 1. The lowest BCUT2D eigenvalue weighted by atomic mass is 10.1. The smallest absolute Gasteiger partial charge is 0.338 e. The predicted octanol–water partition coefficient (Wildman–Crippen LogP) is 0.860. The lowest BCUT2D eigenvalue weighted by Crippen LogP contribution is -2.35. The fourth-order valence-corrected chi connectivity index (χ4v) is 1.35. The van der Waals surface area contributed by atoms with Gasteiger partial charge in [-0.15, -0.1) is 0 Å². The molecule has 98 valence electrons. The summed E-state index contributed by atoms with van der Waals surface area (Å²) in [6, 6.07) is 6.37. The molecular formula is C13H17NO4. The van der Waals surface area contributed by atoms with Crippen LogP contribution in [0.2, 0.25) is 0 Å². The van der Waals surface area contributed by atoms with Crippen LogP contribution in [0.3, 0.4) is 0 Å². The first-order chi connectivity index (χ1) is 8.58. The molecule has 0 spiro atoms. The molecule has 1 rings (SSSR count). The summed E-state index contributed by atoms with van der Waals surface area (Å²) in [6.07, 6.45) is -0.824. The van der Waals surface area contributed by atoms with Gasteiger partial charge in [-0.2, -0.15) is 0 Å². The van der Waals surface area contributed by atoms with Crippen LogP contribution in [0, 0.1) is 0 Å². The average Bonchev–Trinajstić information content (AvgIpc) is 2.39. The Balaban J connectivity index is 2.61. The molecular weight excluding hydrogens is 234 g/mol. The zero-order valence-electron chi connectivity index (χ0n) is 10.5. The summed E-state index contributed by atoms with van der Waals surface area (Å²) in [5.41, 5.74) is 1.06. The molecule has 0 aliphatic carbocycles. The molecule has 0 saturated heterocycles. The molecule has 1 aromatic carbocycles. The Morgan fingerprint density at radius 2 is 1.94 bits per heavy atom. The standard InChI is InChI=1S/C13H17NO4/c1-3-14-12(16)9(2)18-13(17)11-6-4-10(8-15)5-7-11/h4-7,9,15H,3,8H2,1-2H3,(H,14,16)/t9-/m1/s1. The van der Waals surface area contributed by atoms with Gasteiger partial charge < -0.3 is 15.2 Å². The Bertz CT molecular complexity index is 414. The summed E-state index contributed by atoms with van der Waals surface area (Å²) in [5.74, 6) is -0.879. The molecule has 0 bridgehead atoms. The van der Waals surface area contributed by atoms with Crippen LogP contribution >= 0.6 is 0 Å². The number of aliphatic hydroxyl groups excluding tert-OH is 1. The van der Waals surface area contributed by atoms with E-state index in [0.29, 0.717) is 17.7 Å². The first-order valence-corrected chi connectivity index (χ1v) is 5.77. The summed E-state index contributed by atoms with van der Waals surface area (Å²) >= 11 is 0. The van der Waals surface area contributed by atoms with Crippen molar-refractivity contribution in [2.45, 2.75) is 26.6 Å². The van der Waals surface area contributed by atoms with E-state index in [-0.39, 0.29) is 12.5 Å². The van der Waals surface area contributed by atoms with Gasteiger partial charge >= 0.3 is 5.97 Å². The number of carbonyl (C=O) groups excluding carboxylic acids is 2. The molecule has 0 heterocycles. The Hall–Kier alpha value is -1.88. The van der Waals surface area contributed by atoms with Gasteiger partial charge in [0.15, 0.2) is 6.10 Å². The van der Waals surface area contributed by atoms with Crippen molar-refractivity contribution in [2.75, 3.05) is 6.54 Å². The molecule has 0 aliphatic rings. The Morgan fingerprint density at radius 1 is 1.33 bits per heavy atom. The molecule has 0 radical (unpaired) electrons. The third kappa shape index (κ3) is 3.85. The van der Waals surface area contributed by atoms with Crippen LogP contribution in [0.5, 0.6) is 0 Å². The van der Waals surface area contributed by atoms with Gasteiger partial charge in [0.25, 0.3) is 5.91 Å². The van der Waals surface area contributed by atoms with Crippen molar-refractivity contribution in [1.82, 2.24) is 5.32 Å². The van der Waals surface area contributed by atoms with E-state index in [4.69, 9.17) is 9.84 Å². The Labute approximate surface area is 106 Å². The minimum Gasteiger partial charge on any atom is -0.449 e. The number of rotatable bonds is 5. The highest BCUT2D eigenvalue weighted by Gasteiger charge is 2.17. The van der Waals surface area contributed by atoms with Gasteiger partial charge in [0.05, 0.1) is 12.2 Å². The van der Waals surface area contributed by atoms with E-state index in [2.05, 4.69) is 5.32 Å².